The van der Waals surface area contributed by atoms with Crippen LogP contribution in [0.3, 0.4) is 0 Å². The summed E-state index contributed by atoms with van der Waals surface area (Å²) >= 11 is 0. The van der Waals surface area contributed by atoms with Gasteiger partial charge in [-0.25, -0.2) is 0 Å². The number of nitrogens with zero attached hydrogens (tertiary/aromatic N) is 4. The number of carbonyl (C=O) groups excluding carboxylic acids is 1. The van der Waals surface area contributed by atoms with E-state index in [1.165, 1.54) is 0 Å². The number of pyridine rings is 1. The maximum absolute atomic E-state index is 13.0. The van der Waals surface area contributed by atoms with E-state index in [2.05, 4.69) is 10.1 Å². The molecule has 7 heteroatoms. The van der Waals surface area contributed by atoms with Gasteiger partial charge in [0, 0.05) is 49.5 Å². The zero-order chi connectivity index (χ0) is 17.2. The predicted octanol–water partition coefficient (Wildman–Crippen LogP) is 2.29. The van der Waals surface area contributed by atoms with E-state index in [4.69, 9.17) is 9.26 Å². The van der Waals surface area contributed by atoms with E-state index in [0.29, 0.717) is 31.2 Å². The summed E-state index contributed by atoms with van der Waals surface area (Å²) in [6.07, 6.45) is 5.32. The minimum atomic E-state index is -0.159. The van der Waals surface area contributed by atoms with Crippen LogP contribution < -0.4 is 0 Å². The van der Waals surface area contributed by atoms with Crippen molar-refractivity contribution in [2.75, 3.05) is 19.8 Å². The Hall–Kier alpha value is -2.93. The van der Waals surface area contributed by atoms with Gasteiger partial charge in [0.05, 0.1) is 19.3 Å². The molecule has 1 fully saturated rings. The number of morpholine rings is 1. The molecule has 0 saturated carbocycles. The van der Waals surface area contributed by atoms with Crippen molar-refractivity contribution in [2.24, 2.45) is 7.05 Å². The summed E-state index contributed by atoms with van der Waals surface area (Å²) in [6, 6.07) is 9.17. The number of hydrogen-bond acceptors (Lipinski definition) is 5. The molecule has 25 heavy (non-hydrogen) atoms. The highest BCUT2D eigenvalue weighted by Gasteiger charge is 2.32. The number of carbonyl (C=O) groups is 1. The van der Waals surface area contributed by atoms with E-state index in [-0.39, 0.29) is 11.9 Å². The Bertz CT molecular complexity index is 871. The number of aromatic nitrogens is 3. The summed E-state index contributed by atoms with van der Waals surface area (Å²) in [7, 11) is 1.96. The number of rotatable bonds is 3. The monoisotopic (exact) mass is 338 g/mol. The highest BCUT2D eigenvalue weighted by atomic mass is 16.5. The van der Waals surface area contributed by atoms with Crippen LogP contribution in [0.1, 0.15) is 22.2 Å². The van der Waals surface area contributed by atoms with E-state index in [1.54, 1.807) is 23.4 Å². The maximum atomic E-state index is 13.0. The smallest absolute Gasteiger partial charge is 0.276 e. The second-order valence-electron chi connectivity index (χ2n) is 5.95. The van der Waals surface area contributed by atoms with Crippen molar-refractivity contribution in [1.82, 2.24) is 19.6 Å². The maximum Gasteiger partial charge on any atom is 0.276 e. The number of ether oxygens (including phenoxy) is 1. The highest BCUT2D eigenvalue weighted by molar-refractivity contribution is 5.93. The summed E-state index contributed by atoms with van der Waals surface area (Å²) in [6.45, 7) is 1.50. The lowest BCUT2D eigenvalue weighted by atomic mass is 10.1. The first-order chi connectivity index (χ1) is 12.2. The molecule has 0 aliphatic carbocycles. The molecule has 0 unspecified atom stereocenters. The first kappa shape index (κ1) is 15.6. The van der Waals surface area contributed by atoms with Gasteiger partial charge >= 0.3 is 0 Å². The Balaban J connectivity index is 1.61. The standard InChI is InChI=1S/C18H18N4O3/c1-21-7-3-5-15(21)16-12-24-9-8-22(16)18(23)14-10-17(25-20-14)13-4-2-6-19-11-13/h2-7,10-11,16H,8-9,12H2,1H3/t16-/m0/s1. The summed E-state index contributed by atoms with van der Waals surface area (Å²) in [4.78, 5) is 18.8. The van der Waals surface area contributed by atoms with E-state index < -0.39 is 0 Å². The van der Waals surface area contributed by atoms with E-state index in [1.807, 2.05) is 42.1 Å². The minimum Gasteiger partial charge on any atom is -0.377 e. The lowest BCUT2D eigenvalue weighted by molar-refractivity contribution is -0.00512. The van der Waals surface area contributed by atoms with Crippen molar-refractivity contribution in [2.45, 2.75) is 6.04 Å². The SMILES string of the molecule is Cn1cccc1[C@@H]1COCCN1C(=O)c1cc(-c2cccnc2)on1. The Kier molecular flexibility index (Phi) is 4.07. The van der Waals surface area contributed by atoms with Crippen LogP contribution in [0.4, 0.5) is 0 Å². The minimum absolute atomic E-state index is 0.139. The van der Waals surface area contributed by atoms with Crippen LogP contribution in [-0.2, 0) is 11.8 Å². The Morgan fingerprint density at radius 1 is 1.32 bits per heavy atom. The molecule has 1 aliphatic rings. The van der Waals surface area contributed by atoms with Crippen molar-refractivity contribution >= 4 is 5.91 Å². The molecule has 0 aromatic carbocycles. The van der Waals surface area contributed by atoms with Crippen LogP contribution in [0.15, 0.2) is 53.4 Å². The summed E-state index contributed by atoms with van der Waals surface area (Å²) < 4.78 is 12.9. The van der Waals surface area contributed by atoms with Gasteiger partial charge in [-0.05, 0) is 24.3 Å². The molecule has 128 valence electrons. The van der Waals surface area contributed by atoms with Gasteiger partial charge in [0.1, 0.15) is 0 Å². The van der Waals surface area contributed by atoms with Gasteiger partial charge in [0.15, 0.2) is 11.5 Å². The van der Waals surface area contributed by atoms with Crippen LogP contribution in [-0.4, -0.2) is 45.3 Å². The fourth-order valence-electron chi connectivity index (χ4n) is 3.08. The molecule has 0 radical (unpaired) electrons. The average Bonchev–Trinajstić information content (AvgIpc) is 3.31. The first-order valence-electron chi connectivity index (χ1n) is 8.11. The molecule has 3 aromatic rings. The van der Waals surface area contributed by atoms with E-state index in [0.717, 1.165) is 11.3 Å². The van der Waals surface area contributed by atoms with Crippen molar-refractivity contribution in [3.8, 4) is 11.3 Å². The van der Waals surface area contributed by atoms with Crippen LogP contribution in [0.5, 0.6) is 0 Å². The van der Waals surface area contributed by atoms with Crippen molar-refractivity contribution in [1.29, 1.82) is 0 Å². The molecule has 7 nitrogen and oxygen atoms in total. The molecule has 3 aromatic heterocycles. The topological polar surface area (TPSA) is 73.4 Å². The van der Waals surface area contributed by atoms with Crippen LogP contribution in [0, 0.1) is 0 Å². The van der Waals surface area contributed by atoms with Gasteiger partial charge in [-0.2, -0.15) is 0 Å². The zero-order valence-electron chi connectivity index (χ0n) is 13.8. The van der Waals surface area contributed by atoms with Crippen LogP contribution in [0.2, 0.25) is 0 Å². The number of aryl methyl sites for hydroxylation is 1. The number of amides is 1. The van der Waals surface area contributed by atoms with E-state index in [9.17, 15) is 4.79 Å². The molecule has 4 heterocycles. The zero-order valence-corrected chi connectivity index (χ0v) is 13.8. The largest absolute Gasteiger partial charge is 0.377 e. The third-order valence-corrected chi connectivity index (χ3v) is 4.39. The van der Waals surface area contributed by atoms with Crippen molar-refractivity contribution in [3.63, 3.8) is 0 Å². The summed E-state index contributed by atoms with van der Waals surface area (Å²) in [5, 5.41) is 3.96. The molecule has 0 bridgehead atoms. The highest BCUT2D eigenvalue weighted by Crippen LogP contribution is 2.27. The summed E-state index contributed by atoms with van der Waals surface area (Å²) in [5.41, 5.74) is 2.11. The molecule has 1 saturated heterocycles. The first-order valence-corrected chi connectivity index (χ1v) is 8.11. The Morgan fingerprint density at radius 3 is 3.00 bits per heavy atom. The van der Waals surface area contributed by atoms with Gasteiger partial charge < -0.3 is 18.7 Å². The van der Waals surface area contributed by atoms with Gasteiger partial charge in [-0.1, -0.05) is 5.16 Å². The van der Waals surface area contributed by atoms with Gasteiger partial charge in [-0.15, -0.1) is 0 Å². The lowest BCUT2D eigenvalue weighted by Crippen LogP contribution is -2.44. The molecule has 4 rings (SSSR count). The number of hydrogen-bond donors (Lipinski definition) is 0. The molecule has 1 aliphatic heterocycles. The van der Waals surface area contributed by atoms with E-state index >= 15 is 0 Å². The second kappa shape index (κ2) is 6.52. The fraction of sp³-hybridized carbons (Fsp3) is 0.278. The average molecular weight is 338 g/mol. The third kappa shape index (κ3) is 2.94. The lowest BCUT2D eigenvalue weighted by Gasteiger charge is -2.35. The van der Waals surface area contributed by atoms with Crippen molar-refractivity contribution < 1.29 is 14.1 Å². The Morgan fingerprint density at radius 2 is 2.24 bits per heavy atom. The molecular weight excluding hydrogens is 320 g/mol. The molecule has 0 spiro atoms. The fourth-order valence-corrected chi connectivity index (χ4v) is 3.08. The molecule has 0 N–H and O–H groups in total. The molecule has 1 atom stereocenters. The van der Waals surface area contributed by atoms with Crippen LogP contribution >= 0.6 is 0 Å². The predicted molar refractivity (Wildman–Crippen MR) is 89.7 cm³/mol. The van der Waals surface area contributed by atoms with Gasteiger partial charge in [0.2, 0.25) is 0 Å². The van der Waals surface area contributed by atoms with Gasteiger partial charge in [0.25, 0.3) is 5.91 Å². The second-order valence-corrected chi connectivity index (χ2v) is 5.95. The van der Waals surface area contributed by atoms with Crippen molar-refractivity contribution in [3.05, 3.63) is 60.3 Å². The molecule has 1 amide bonds. The normalized spacial score (nSPS) is 17.6. The Labute approximate surface area is 144 Å². The molecular formula is C18H18N4O3. The summed E-state index contributed by atoms with van der Waals surface area (Å²) in [5.74, 6) is 0.369. The van der Waals surface area contributed by atoms with Gasteiger partial charge in [-0.3, -0.25) is 9.78 Å². The van der Waals surface area contributed by atoms with Crippen LogP contribution in [0.25, 0.3) is 11.3 Å². The third-order valence-electron chi connectivity index (χ3n) is 4.39. The quantitative estimate of drug-likeness (QED) is 0.732.